The van der Waals surface area contributed by atoms with Gasteiger partial charge < -0.3 is 14.6 Å². The van der Waals surface area contributed by atoms with Gasteiger partial charge in [-0.3, -0.25) is 5.32 Å². The summed E-state index contributed by atoms with van der Waals surface area (Å²) >= 11 is 23.4. The molecule has 3 N–H and O–H groups in total. The van der Waals surface area contributed by atoms with Gasteiger partial charge in [-0.15, -0.1) is 0 Å². The van der Waals surface area contributed by atoms with Gasteiger partial charge in [0.15, 0.2) is 5.69 Å². The third-order valence-corrected chi connectivity index (χ3v) is 7.75. The zero-order valence-corrected chi connectivity index (χ0v) is 24.0. The average molecular weight is 629 g/mol. The van der Waals surface area contributed by atoms with Crippen LogP contribution in [0.5, 0.6) is 0 Å². The lowest BCUT2D eigenvalue weighted by atomic mass is 10.1. The van der Waals surface area contributed by atoms with Crippen LogP contribution in [0.1, 0.15) is 37.5 Å². The molecule has 41 heavy (non-hydrogen) atoms. The highest BCUT2D eigenvalue weighted by molar-refractivity contribution is 7.80. The van der Waals surface area contributed by atoms with Gasteiger partial charge in [0.2, 0.25) is 5.76 Å². The van der Waals surface area contributed by atoms with Gasteiger partial charge in [-0.1, -0.05) is 71.2 Å². The van der Waals surface area contributed by atoms with E-state index in [2.05, 4.69) is 23.0 Å². The van der Waals surface area contributed by atoms with Gasteiger partial charge in [0.05, 0.1) is 26.8 Å². The van der Waals surface area contributed by atoms with Crippen LogP contribution in [-0.4, -0.2) is 31.9 Å². The number of carbonyl (C=O) groups is 2. The van der Waals surface area contributed by atoms with Gasteiger partial charge in [0.1, 0.15) is 5.76 Å². The molecule has 3 aromatic carbocycles. The zero-order valence-electron chi connectivity index (χ0n) is 20.9. The molecule has 0 aliphatic rings. The van der Waals surface area contributed by atoms with Gasteiger partial charge in [0.25, 0.3) is 0 Å². The minimum absolute atomic E-state index is 0.105. The second kappa shape index (κ2) is 12.0. The molecule has 2 aromatic heterocycles. The molecule has 5 rings (SSSR count). The molecule has 1 atom stereocenters. The molecule has 0 amide bonds. The third kappa shape index (κ3) is 6.29. The summed E-state index contributed by atoms with van der Waals surface area (Å²) < 4.78 is 6.86. The zero-order chi connectivity index (χ0) is 29.3. The van der Waals surface area contributed by atoms with Crippen molar-refractivity contribution < 1.29 is 24.2 Å². The van der Waals surface area contributed by atoms with E-state index in [1.165, 1.54) is 16.8 Å². The van der Waals surface area contributed by atoms with Crippen molar-refractivity contribution in [2.24, 2.45) is 0 Å². The monoisotopic (exact) mass is 627 g/mol. The van der Waals surface area contributed by atoms with Crippen LogP contribution in [-0.2, 0) is 6.54 Å². The summed E-state index contributed by atoms with van der Waals surface area (Å²) in [5, 5.41) is 26.9. The van der Waals surface area contributed by atoms with Crippen molar-refractivity contribution in [2.45, 2.75) is 11.9 Å². The maximum Gasteiger partial charge on any atom is 0.371 e. The first-order chi connectivity index (χ1) is 19.6. The lowest BCUT2D eigenvalue weighted by molar-refractivity contribution is 0.0660. The molecule has 5 aromatic rings. The van der Waals surface area contributed by atoms with Crippen molar-refractivity contribution in [3.05, 3.63) is 117 Å². The number of rotatable bonds is 9. The smallest absolute Gasteiger partial charge is 0.371 e. The Morgan fingerprint density at radius 1 is 0.854 bits per heavy atom. The maximum atomic E-state index is 11.6. The summed E-state index contributed by atoms with van der Waals surface area (Å²) in [6.45, 7) is 0.471. The number of aromatic nitrogens is 2. The summed E-state index contributed by atoms with van der Waals surface area (Å²) in [4.78, 5) is 22.7. The second-order valence-electron chi connectivity index (χ2n) is 8.92. The molecule has 0 aliphatic heterocycles. The van der Waals surface area contributed by atoms with E-state index in [4.69, 9.17) is 44.3 Å². The quantitative estimate of drug-likeness (QED) is 0.0969. The van der Waals surface area contributed by atoms with Crippen LogP contribution in [0.15, 0.2) is 83.3 Å². The van der Waals surface area contributed by atoms with E-state index < -0.39 is 17.3 Å². The van der Waals surface area contributed by atoms with Crippen molar-refractivity contribution >= 4 is 59.4 Å². The van der Waals surface area contributed by atoms with E-state index in [-0.39, 0.29) is 11.5 Å². The van der Waals surface area contributed by atoms with E-state index in [0.29, 0.717) is 44.3 Å². The molecule has 0 bridgehead atoms. The van der Waals surface area contributed by atoms with Gasteiger partial charge in [-0.25, -0.2) is 14.3 Å². The molecule has 0 saturated carbocycles. The molecule has 0 saturated heterocycles. The molecule has 0 unspecified atom stereocenters. The molecule has 0 aliphatic carbocycles. The van der Waals surface area contributed by atoms with E-state index in [1.807, 2.05) is 24.3 Å². The Balaban J connectivity index is 1.30. The number of nitrogens with one attached hydrogen (secondary N) is 1. The first kappa shape index (κ1) is 28.8. The Hall–Kier alpha value is -3.73. The first-order valence-electron chi connectivity index (χ1n) is 12.0. The fraction of sp³-hybridized carbons (Fsp3) is 0.0690. The van der Waals surface area contributed by atoms with Crippen molar-refractivity contribution in [2.75, 3.05) is 0 Å². The van der Waals surface area contributed by atoms with E-state index in [0.717, 1.165) is 16.7 Å². The topological polar surface area (TPSA) is 118 Å². The predicted octanol–water partition coefficient (Wildman–Crippen LogP) is 7.87. The summed E-state index contributed by atoms with van der Waals surface area (Å²) in [5.41, 5.74) is 4.14. The maximum absolute atomic E-state index is 11.6. The fourth-order valence-corrected chi connectivity index (χ4v) is 5.11. The molecule has 2 heterocycles. The van der Waals surface area contributed by atoms with Crippen molar-refractivity contribution in [3.8, 4) is 28.3 Å². The third-order valence-electron chi connectivity index (χ3n) is 6.22. The van der Waals surface area contributed by atoms with E-state index in [1.54, 1.807) is 42.5 Å². The highest BCUT2D eigenvalue weighted by Crippen LogP contribution is 2.32. The number of carboxylic acids is 2. The number of carboxylic acid groups (broad SMARTS) is 2. The van der Waals surface area contributed by atoms with Gasteiger partial charge in [0, 0.05) is 22.7 Å². The lowest BCUT2D eigenvalue weighted by Gasteiger charge is -2.16. The second-order valence-corrected chi connectivity index (χ2v) is 10.7. The highest BCUT2D eigenvalue weighted by Gasteiger charge is 2.18. The fourth-order valence-electron chi connectivity index (χ4n) is 4.13. The standard InChI is InChI=1S/C29H20Cl3N3O5S/c30-20-8-6-18(12-22(20)32)35-24(13-23(34-35)28(36)37)16-3-1-15(2-4-16)14-33-27(41)19-7-5-17(11-21(19)31)25-9-10-26(40-25)29(38)39/h1-13,27,33,41H,14H2,(H,36,37)(H,38,39)/t27-/m0/s1. The normalized spacial score (nSPS) is 11.9. The SMILES string of the molecule is O=C(O)c1cc(-c2ccc(CN[C@@H](S)c3ccc(-c4ccc(C(=O)O)o4)cc3Cl)cc2)n(-c2ccc(Cl)c(Cl)c2)n1. The minimum atomic E-state index is -1.15. The van der Waals surface area contributed by atoms with Gasteiger partial charge in [-0.2, -0.15) is 17.7 Å². The Morgan fingerprint density at radius 3 is 2.22 bits per heavy atom. The number of nitrogens with zero attached hydrogens (tertiary/aromatic N) is 2. The minimum Gasteiger partial charge on any atom is -0.476 e. The number of hydrogen-bond donors (Lipinski definition) is 4. The van der Waals surface area contributed by atoms with Crippen molar-refractivity contribution in [3.63, 3.8) is 0 Å². The van der Waals surface area contributed by atoms with Crippen LogP contribution in [0.25, 0.3) is 28.3 Å². The largest absolute Gasteiger partial charge is 0.476 e. The van der Waals surface area contributed by atoms with Crippen LogP contribution < -0.4 is 5.32 Å². The lowest BCUT2D eigenvalue weighted by Crippen LogP contribution is -2.16. The predicted molar refractivity (Wildman–Crippen MR) is 161 cm³/mol. The Labute approximate surface area is 254 Å². The molecule has 0 spiro atoms. The van der Waals surface area contributed by atoms with Crippen LogP contribution in [0.4, 0.5) is 0 Å². The molecular weight excluding hydrogens is 609 g/mol. The average Bonchev–Trinajstić information content (AvgIpc) is 3.62. The van der Waals surface area contributed by atoms with Gasteiger partial charge in [-0.05, 0) is 53.6 Å². The van der Waals surface area contributed by atoms with Gasteiger partial charge >= 0.3 is 11.9 Å². The molecule has 0 radical (unpaired) electrons. The number of aromatic carboxylic acids is 2. The molecule has 8 nitrogen and oxygen atoms in total. The number of halogens is 3. The van der Waals surface area contributed by atoms with Crippen LogP contribution in [0.2, 0.25) is 15.1 Å². The highest BCUT2D eigenvalue weighted by atomic mass is 35.5. The summed E-state index contributed by atoms with van der Waals surface area (Å²) in [7, 11) is 0. The number of benzene rings is 3. The summed E-state index contributed by atoms with van der Waals surface area (Å²) in [5.74, 6) is -2.04. The van der Waals surface area contributed by atoms with Crippen molar-refractivity contribution in [1.82, 2.24) is 15.1 Å². The molecular formula is C29H20Cl3N3O5S. The Morgan fingerprint density at radius 2 is 1.59 bits per heavy atom. The number of thiol groups is 1. The summed E-state index contributed by atoms with van der Waals surface area (Å²) in [6, 6.07) is 22.3. The van der Waals surface area contributed by atoms with Crippen LogP contribution in [0.3, 0.4) is 0 Å². The number of hydrogen-bond acceptors (Lipinski definition) is 6. The first-order valence-corrected chi connectivity index (χ1v) is 13.7. The van der Waals surface area contributed by atoms with Crippen LogP contribution in [0, 0.1) is 0 Å². The molecule has 208 valence electrons. The summed E-state index contributed by atoms with van der Waals surface area (Å²) in [6.07, 6.45) is 0. The Kier molecular flexibility index (Phi) is 8.44. The van der Waals surface area contributed by atoms with Crippen LogP contribution >= 0.6 is 47.4 Å². The number of furan rings is 1. The van der Waals surface area contributed by atoms with E-state index in [9.17, 15) is 14.7 Å². The van der Waals surface area contributed by atoms with E-state index >= 15 is 0 Å². The molecule has 0 fully saturated rings. The molecule has 12 heteroatoms. The Bertz CT molecular complexity index is 1770. The van der Waals surface area contributed by atoms with Crippen molar-refractivity contribution in [1.29, 1.82) is 0 Å².